The van der Waals surface area contributed by atoms with Crippen LogP contribution in [-0.4, -0.2) is 56.5 Å². The highest BCUT2D eigenvalue weighted by atomic mass is 16.5. The Kier molecular flexibility index (Phi) is 6.33. The molecule has 3 rings (SSSR count). The minimum Gasteiger partial charge on any atom is -0.465 e. The van der Waals surface area contributed by atoms with Gasteiger partial charge in [0, 0.05) is 19.7 Å². The van der Waals surface area contributed by atoms with E-state index in [0.29, 0.717) is 17.0 Å². The zero-order valence-corrected chi connectivity index (χ0v) is 18.2. The number of nitrogens with zero attached hydrogens (tertiary/aromatic N) is 4. The Balaban J connectivity index is 1.79. The summed E-state index contributed by atoms with van der Waals surface area (Å²) in [6.45, 7) is 4.99. The molecule has 0 aliphatic carbocycles. The summed E-state index contributed by atoms with van der Waals surface area (Å²) >= 11 is 0. The van der Waals surface area contributed by atoms with Crippen LogP contribution in [0.2, 0.25) is 0 Å². The average molecular weight is 423 g/mol. The number of hydrogen-bond acceptors (Lipinski definition) is 6. The van der Waals surface area contributed by atoms with Crippen LogP contribution in [0.5, 0.6) is 0 Å². The molecular weight excluding hydrogens is 398 g/mol. The molecule has 3 aromatic rings. The quantitative estimate of drug-likeness (QED) is 0.462. The highest BCUT2D eigenvalue weighted by molar-refractivity contribution is 6.01. The van der Waals surface area contributed by atoms with Crippen LogP contribution in [0.25, 0.3) is 5.69 Å². The molecule has 162 valence electrons. The van der Waals surface area contributed by atoms with Gasteiger partial charge in [0.2, 0.25) is 5.91 Å². The minimum absolute atomic E-state index is 0.0591. The Morgan fingerprint density at radius 3 is 2.45 bits per heavy atom. The number of aromatic nitrogens is 4. The first kappa shape index (κ1) is 21.9. The van der Waals surface area contributed by atoms with Crippen molar-refractivity contribution in [1.82, 2.24) is 24.6 Å². The molecule has 0 bridgehead atoms. The third kappa shape index (κ3) is 4.40. The van der Waals surface area contributed by atoms with E-state index in [0.717, 1.165) is 11.3 Å². The van der Waals surface area contributed by atoms with Gasteiger partial charge in [-0.15, -0.1) is 0 Å². The summed E-state index contributed by atoms with van der Waals surface area (Å²) in [5, 5.41) is 4.10. The van der Waals surface area contributed by atoms with Crippen molar-refractivity contribution in [2.75, 3.05) is 14.2 Å². The van der Waals surface area contributed by atoms with Crippen LogP contribution in [-0.2, 0) is 16.0 Å². The number of benzene rings is 1. The smallest absolute Gasteiger partial charge is 0.339 e. The van der Waals surface area contributed by atoms with Crippen LogP contribution < -0.4 is 0 Å². The van der Waals surface area contributed by atoms with Crippen molar-refractivity contribution < 1.29 is 19.1 Å². The number of carbonyl (C=O) groups excluding carboxylic acids is 3. The monoisotopic (exact) mass is 423 g/mol. The molecular formula is C22H25N5O4. The molecule has 9 nitrogen and oxygen atoms in total. The van der Waals surface area contributed by atoms with Crippen molar-refractivity contribution in [1.29, 1.82) is 0 Å². The van der Waals surface area contributed by atoms with Gasteiger partial charge in [-0.2, -0.15) is 5.10 Å². The van der Waals surface area contributed by atoms with Crippen molar-refractivity contribution >= 4 is 17.7 Å². The lowest BCUT2D eigenvalue weighted by molar-refractivity contribution is -0.131. The first-order valence-electron chi connectivity index (χ1n) is 9.75. The van der Waals surface area contributed by atoms with Gasteiger partial charge in [-0.1, -0.05) is 12.1 Å². The van der Waals surface area contributed by atoms with Gasteiger partial charge in [0.1, 0.15) is 12.7 Å². The normalized spacial score (nSPS) is 11.8. The summed E-state index contributed by atoms with van der Waals surface area (Å²) in [6, 6.07) is 7.46. The number of amides is 1. The number of H-pyrrole nitrogens is 1. The highest BCUT2D eigenvalue weighted by Gasteiger charge is 2.26. The van der Waals surface area contributed by atoms with Gasteiger partial charge in [-0.05, 0) is 37.1 Å². The maximum absolute atomic E-state index is 13.0. The molecule has 2 heterocycles. The summed E-state index contributed by atoms with van der Waals surface area (Å²) < 4.78 is 6.50. The van der Waals surface area contributed by atoms with Crippen LogP contribution in [0.3, 0.4) is 0 Å². The first-order valence-corrected chi connectivity index (χ1v) is 9.75. The van der Waals surface area contributed by atoms with Gasteiger partial charge in [0.05, 0.1) is 36.5 Å². The fraction of sp³-hybridized carbons (Fsp3) is 0.318. The lowest BCUT2D eigenvalue weighted by atomic mass is 10.0. The molecule has 31 heavy (non-hydrogen) atoms. The Bertz CT molecular complexity index is 1100. The summed E-state index contributed by atoms with van der Waals surface area (Å²) in [5.74, 6) is -0.992. The Morgan fingerprint density at radius 2 is 1.90 bits per heavy atom. The van der Waals surface area contributed by atoms with Gasteiger partial charge in [-0.3, -0.25) is 9.59 Å². The van der Waals surface area contributed by atoms with E-state index in [-0.39, 0.29) is 29.7 Å². The molecule has 0 radical (unpaired) electrons. The van der Waals surface area contributed by atoms with E-state index >= 15 is 0 Å². The summed E-state index contributed by atoms with van der Waals surface area (Å²) in [5.41, 5.74) is 3.22. The summed E-state index contributed by atoms with van der Waals surface area (Å²) in [7, 11) is 2.98. The third-order valence-corrected chi connectivity index (χ3v) is 5.43. The van der Waals surface area contributed by atoms with E-state index in [4.69, 9.17) is 4.74 Å². The van der Waals surface area contributed by atoms with Crippen molar-refractivity contribution in [3.8, 4) is 5.69 Å². The van der Waals surface area contributed by atoms with E-state index in [1.165, 1.54) is 20.4 Å². The van der Waals surface area contributed by atoms with Crippen molar-refractivity contribution in [3.05, 3.63) is 65.0 Å². The lowest BCUT2D eigenvalue weighted by Crippen LogP contribution is -2.31. The number of methoxy groups -OCH3 is 1. The van der Waals surface area contributed by atoms with Crippen LogP contribution >= 0.6 is 0 Å². The van der Waals surface area contributed by atoms with Gasteiger partial charge in [0.25, 0.3) is 0 Å². The minimum atomic E-state index is -0.580. The van der Waals surface area contributed by atoms with E-state index in [2.05, 4.69) is 15.1 Å². The SMILES string of the molecule is COC(=O)c1c(CC(=O)N(C)C(C)c2ccc(-n3cncn3)cc2)[nH]c(C(C)=O)c1C. The van der Waals surface area contributed by atoms with Crippen LogP contribution in [0.1, 0.15) is 57.6 Å². The van der Waals surface area contributed by atoms with Gasteiger partial charge < -0.3 is 14.6 Å². The number of likely N-dealkylation sites (N-methyl/N-ethyl adjacent to an activating group) is 1. The fourth-order valence-corrected chi connectivity index (χ4v) is 3.48. The number of aromatic amines is 1. The van der Waals surface area contributed by atoms with Crippen molar-refractivity contribution in [3.63, 3.8) is 0 Å². The second-order valence-corrected chi connectivity index (χ2v) is 7.32. The van der Waals surface area contributed by atoms with Gasteiger partial charge in [0.15, 0.2) is 5.78 Å². The molecule has 1 N–H and O–H groups in total. The average Bonchev–Trinajstić information content (AvgIpc) is 3.40. The van der Waals surface area contributed by atoms with Crippen molar-refractivity contribution in [2.45, 2.75) is 33.2 Å². The Labute approximate surface area is 180 Å². The summed E-state index contributed by atoms with van der Waals surface area (Å²) in [4.78, 5) is 45.6. The molecule has 1 aromatic carbocycles. The van der Waals surface area contributed by atoms with Gasteiger partial charge in [-0.25, -0.2) is 14.5 Å². The number of esters is 1. The molecule has 0 spiro atoms. The molecule has 9 heteroatoms. The van der Waals surface area contributed by atoms with E-state index in [9.17, 15) is 14.4 Å². The van der Waals surface area contributed by atoms with E-state index in [1.807, 2.05) is 31.2 Å². The molecule has 0 saturated heterocycles. The van der Waals surface area contributed by atoms with E-state index in [1.54, 1.807) is 29.9 Å². The maximum Gasteiger partial charge on any atom is 0.339 e. The molecule has 2 aromatic heterocycles. The predicted octanol–water partition coefficient (Wildman–Crippen LogP) is 2.66. The number of ketones is 1. The Hall–Kier alpha value is -3.75. The molecule has 0 saturated carbocycles. The lowest BCUT2D eigenvalue weighted by Gasteiger charge is -2.25. The Morgan fingerprint density at radius 1 is 1.23 bits per heavy atom. The number of Topliss-reactive ketones (excluding diaryl/α,β-unsaturated/α-hetero) is 1. The number of nitrogens with one attached hydrogen (secondary N) is 1. The van der Waals surface area contributed by atoms with Crippen LogP contribution in [0, 0.1) is 6.92 Å². The third-order valence-electron chi connectivity index (χ3n) is 5.43. The molecule has 0 aliphatic heterocycles. The number of carbonyl (C=O) groups is 3. The standard InChI is InChI=1S/C22H25N5O4/c1-13-20(22(30)31-5)18(25-21(13)15(3)28)10-19(29)26(4)14(2)16-6-8-17(9-7-16)27-12-23-11-24-27/h6-9,11-12,14,25H,10H2,1-5H3. The molecule has 1 atom stereocenters. The molecule has 0 aliphatic rings. The zero-order chi connectivity index (χ0) is 22.7. The molecule has 1 unspecified atom stereocenters. The number of ether oxygens (including phenoxy) is 1. The molecule has 0 fully saturated rings. The highest BCUT2D eigenvalue weighted by Crippen LogP contribution is 2.24. The van der Waals surface area contributed by atoms with Crippen LogP contribution in [0.4, 0.5) is 0 Å². The van der Waals surface area contributed by atoms with E-state index < -0.39 is 5.97 Å². The number of rotatable bonds is 7. The molecule has 1 amide bonds. The van der Waals surface area contributed by atoms with Crippen molar-refractivity contribution in [2.24, 2.45) is 0 Å². The summed E-state index contributed by atoms with van der Waals surface area (Å²) in [6.07, 6.45) is 3.02. The van der Waals surface area contributed by atoms with Crippen LogP contribution in [0.15, 0.2) is 36.9 Å². The second-order valence-electron chi connectivity index (χ2n) is 7.32. The first-order chi connectivity index (χ1) is 14.7. The second kappa shape index (κ2) is 8.95. The predicted molar refractivity (Wildman–Crippen MR) is 113 cm³/mol. The topological polar surface area (TPSA) is 110 Å². The maximum atomic E-state index is 13.0. The zero-order valence-electron chi connectivity index (χ0n) is 18.2. The fourth-order valence-electron chi connectivity index (χ4n) is 3.48. The number of hydrogen-bond donors (Lipinski definition) is 1. The van der Waals surface area contributed by atoms with Gasteiger partial charge >= 0.3 is 5.97 Å². The largest absolute Gasteiger partial charge is 0.465 e.